The quantitative estimate of drug-likeness (QED) is 0.655. The first-order valence-corrected chi connectivity index (χ1v) is 9.71. The summed E-state index contributed by atoms with van der Waals surface area (Å²) >= 11 is 6.10. The molecular weight excluding hydrogens is 380 g/mol. The monoisotopic (exact) mass is 394 g/mol. The van der Waals surface area contributed by atoms with Crippen molar-refractivity contribution in [2.75, 3.05) is 18.8 Å². The Bertz CT molecular complexity index is 1140. The Kier molecular flexibility index (Phi) is 4.84. The number of pyridine rings is 1. The second kappa shape index (κ2) is 6.93. The number of fused-ring (bicyclic) bond motifs is 1. The predicted octanol–water partition coefficient (Wildman–Crippen LogP) is 1.60. The van der Waals surface area contributed by atoms with Gasteiger partial charge in [0.05, 0.1) is 18.7 Å². The van der Waals surface area contributed by atoms with Crippen LogP contribution in [0.25, 0.3) is 11.0 Å². The van der Waals surface area contributed by atoms with Crippen LogP contribution in [0.15, 0.2) is 46.5 Å². The van der Waals surface area contributed by atoms with Crippen LogP contribution in [0.5, 0.6) is 5.75 Å². The average molecular weight is 395 g/mol. The van der Waals surface area contributed by atoms with Crippen LogP contribution in [0, 0.1) is 0 Å². The minimum absolute atomic E-state index is 0.174. The Morgan fingerprint density at radius 1 is 1.27 bits per heavy atom. The molecule has 136 valence electrons. The maximum absolute atomic E-state index is 12.2. The first-order valence-electron chi connectivity index (χ1n) is 7.45. The van der Waals surface area contributed by atoms with Crippen LogP contribution in [0.1, 0.15) is 5.56 Å². The lowest BCUT2D eigenvalue weighted by Crippen LogP contribution is -2.29. The van der Waals surface area contributed by atoms with E-state index in [0.717, 1.165) is 11.8 Å². The summed E-state index contributed by atoms with van der Waals surface area (Å²) in [6.45, 7) is 0.265. The summed E-state index contributed by atoms with van der Waals surface area (Å²) in [4.78, 5) is 20.1. The van der Waals surface area contributed by atoms with E-state index in [-0.39, 0.29) is 22.9 Å². The smallest absolute Gasteiger partial charge is 0.270 e. The molecule has 0 saturated carbocycles. The molecule has 1 aromatic carbocycles. The summed E-state index contributed by atoms with van der Waals surface area (Å²) in [6.07, 6.45) is 2.37. The highest BCUT2D eigenvalue weighted by atomic mass is 35.5. The second-order valence-electron chi connectivity index (χ2n) is 5.51. The van der Waals surface area contributed by atoms with Gasteiger partial charge in [0, 0.05) is 23.9 Å². The molecule has 3 aromatic rings. The van der Waals surface area contributed by atoms with Crippen molar-refractivity contribution < 1.29 is 13.2 Å². The van der Waals surface area contributed by atoms with Gasteiger partial charge in [-0.15, -0.1) is 0 Å². The van der Waals surface area contributed by atoms with Gasteiger partial charge in [0.25, 0.3) is 5.56 Å². The molecular formula is C16H15ClN4O4S. The van der Waals surface area contributed by atoms with Crippen molar-refractivity contribution in [1.82, 2.24) is 14.6 Å². The molecule has 0 radical (unpaired) electrons. The molecule has 0 bridgehead atoms. The van der Waals surface area contributed by atoms with E-state index in [1.165, 1.54) is 30.1 Å². The van der Waals surface area contributed by atoms with Crippen LogP contribution in [0.4, 0.5) is 0 Å². The molecule has 1 N–H and O–H groups in total. The van der Waals surface area contributed by atoms with Gasteiger partial charge in [0.2, 0.25) is 15.0 Å². The van der Waals surface area contributed by atoms with Gasteiger partial charge >= 0.3 is 0 Å². The van der Waals surface area contributed by atoms with Gasteiger partial charge in [-0.25, -0.2) is 18.1 Å². The maximum atomic E-state index is 12.2. The number of ether oxygens (including phenoxy) is 1. The lowest BCUT2D eigenvalue weighted by Gasteiger charge is -2.13. The number of halogens is 1. The summed E-state index contributed by atoms with van der Waals surface area (Å²) in [5, 5.41) is 0.620. The van der Waals surface area contributed by atoms with Crippen LogP contribution in [0.2, 0.25) is 5.02 Å². The zero-order valence-electron chi connectivity index (χ0n) is 13.9. The SMILES string of the molecule is COc1ccc(CNn2c(=O)ccc3cnc(S(C)(=O)=O)nc32)cc1Cl. The maximum Gasteiger partial charge on any atom is 0.270 e. The highest BCUT2D eigenvalue weighted by Gasteiger charge is 2.14. The van der Waals surface area contributed by atoms with Crippen molar-refractivity contribution in [2.45, 2.75) is 11.7 Å². The topological polar surface area (TPSA) is 103 Å². The molecule has 0 amide bonds. The van der Waals surface area contributed by atoms with E-state index in [0.29, 0.717) is 16.2 Å². The fourth-order valence-electron chi connectivity index (χ4n) is 2.32. The molecule has 10 heteroatoms. The Morgan fingerprint density at radius 3 is 2.69 bits per heavy atom. The number of methoxy groups -OCH3 is 1. The van der Waals surface area contributed by atoms with Crippen molar-refractivity contribution in [3.8, 4) is 5.75 Å². The van der Waals surface area contributed by atoms with Crippen LogP contribution in [-0.2, 0) is 16.4 Å². The minimum atomic E-state index is -3.60. The van der Waals surface area contributed by atoms with Gasteiger partial charge < -0.3 is 10.2 Å². The number of sulfone groups is 1. The normalized spacial score (nSPS) is 11.5. The standard InChI is InChI=1S/C16H15ClN4O4S/c1-25-13-5-3-10(7-12(13)17)8-19-21-14(22)6-4-11-9-18-16(20-15(11)21)26(2,23)24/h3-7,9,19H,8H2,1-2H3. The highest BCUT2D eigenvalue weighted by molar-refractivity contribution is 7.90. The van der Waals surface area contributed by atoms with Gasteiger partial charge in [-0.1, -0.05) is 17.7 Å². The first-order chi connectivity index (χ1) is 12.3. The molecule has 3 rings (SSSR count). The molecule has 0 fully saturated rings. The third-order valence-electron chi connectivity index (χ3n) is 3.60. The van der Waals surface area contributed by atoms with E-state index in [9.17, 15) is 13.2 Å². The number of hydrogen-bond acceptors (Lipinski definition) is 7. The second-order valence-corrected chi connectivity index (χ2v) is 7.83. The van der Waals surface area contributed by atoms with Gasteiger partial charge in [0.1, 0.15) is 5.75 Å². The van der Waals surface area contributed by atoms with Gasteiger partial charge in [0.15, 0.2) is 5.65 Å². The lowest BCUT2D eigenvalue weighted by atomic mass is 10.2. The van der Waals surface area contributed by atoms with Crippen LogP contribution in [0.3, 0.4) is 0 Å². The molecule has 26 heavy (non-hydrogen) atoms. The highest BCUT2D eigenvalue weighted by Crippen LogP contribution is 2.24. The summed E-state index contributed by atoms with van der Waals surface area (Å²) in [5.74, 6) is 0.545. The van der Waals surface area contributed by atoms with E-state index >= 15 is 0 Å². The van der Waals surface area contributed by atoms with Crippen molar-refractivity contribution >= 4 is 32.5 Å². The van der Waals surface area contributed by atoms with Gasteiger partial charge in [-0.05, 0) is 23.8 Å². The van der Waals surface area contributed by atoms with Crippen molar-refractivity contribution in [3.63, 3.8) is 0 Å². The van der Waals surface area contributed by atoms with E-state index in [4.69, 9.17) is 16.3 Å². The third kappa shape index (κ3) is 3.63. The first kappa shape index (κ1) is 18.2. The molecule has 2 heterocycles. The summed E-state index contributed by atoms with van der Waals surface area (Å²) < 4.78 is 29.7. The number of nitrogens with zero attached hydrogens (tertiary/aromatic N) is 3. The summed E-state index contributed by atoms with van der Waals surface area (Å²) in [7, 11) is -2.08. The van der Waals surface area contributed by atoms with Crippen molar-refractivity contribution in [2.24, 2.45) is 0 Å². The fourth-order valence-corrected chi connectivity index (χ4v) is 3.10. The van der Waals surface area contributed by atoms with Crippen molar-refractivity contribution in [1.29, 1.82) is 0 Å². The molecule has 0 aliphatic carbocycles. The van der Waals surface area contributed by atoms with E-state index < -0.39 is 9.84 Å². The summed E-state index contributed by atoms with van der Waals surface area (Å²) in [6, 6.07) is 8.10. The molecule has 0 unspecified atom stereocenters. The molecule has 0 aliphatic heterocycles. The molecule has 0 saturated heterocycles. The Hall–Kier alpha value is -2.65. The Morgan fingerprint density at radius 2 is 2.04 bits per heavy atom. The largest absolute Gasteiger partial charge is 0.495 e. The summed E-state index contributed by atoms with van der Waals surface area (Å²) in [5.41, 5.74) is 3.53. The number of hydrogen-bond donors (Lipinski definition) is 1. The molecule has 0 aliphatic rings. The predicted molar refractivity (Wildman–Crippen MR) is 98.0 cm³/mol. The molecule has 0 spiro atoms. The number of aromatic nitrogens is 3. The molecule has 8 nitrogen and oxygen atoms in total. The molecule has 2 aromatic heterocycles. The van der Waals surface area contributed by atoms with E-state index in [1.807, 2.05) is 0 Å². The number of rotatable bonds is 5. The lowest BCUT2D eigenvalue weighted by molar-refractivity contribution is 0.415. The van der Waals surface area contributed by atoms with Gasteiger partial charge in [-0.2, -0.15) is 4.98 Å². The van der Waals surface area contributed by atoms with Crippen LogP contribution < -0.4 is 15.7 Å². The van der Waals surface area contributed by atoms with E-state index in [2.05, 4.69) is 15.4 Å². The third-order valence-corrected chi connectivity index (χ3v) is 4.76. The van der Waals surface area contributed by atoms with Gasteiger partial charge in [-0.3, -0.25) is 4.79 Å². The fraction of sp³-hybridized carbons (Fsp3) is 0.188. The number of nitrogens with one attached hydrogen (secondary N) is 1. The minimum Gasteiger partial charge on any atom is -0.495 e. The zero-order chi connectivity index (χ0) is 18.9. The molecule has 0 atom stereocenters. The number of benzene rings is 1. The zero-order valence-corrected chi connectivity index (χ0v) is 15.5. The van der Waals surface area contributed by atoms with Crippen molar-refractivity contribution in [3.05, 3.63) is 57.5 Å². The van der Waals surface area contributed by atoms with Crippen LogP contribution >= 0.6 is 11.6 Å². The van der Waals surface area contributed by atoms with Crippen LogP contribution in [-0.4, -0.2) is 36.4 Å². The average Bonchev–Trinajstić information content (AvgIpc) is 2.59. The van der Waals surface area contributed by atoms with E-state index in [1.54, 1.807) is 18.2 Å². The Labute approximate surface area is 154 Å². The Balaban J connectivity index is 2.00.